The largest absolute Gasteiger partial charge is 0.315 e. The summed E-state index contributed by atoms with van der Waals surface area (Å²) < 4.78 is 29.4. The van der Waals surface area contributed by atoms with Gasteiger partial charge in [0.05, 0.1) is 5.69 Å². The molecule has 8 heteroatoms. The lowest BCUT2D eigenvalue weighted by molar-refractivity contribution is 0.603. The Balaban J connectivity index is 2.32. The Hall–Kier alpha value is -0.410. The normalized spacial score (nSPS) is 11.6. The number of anilines is 1. The predicted octanol–water partition coefficient (Wildman–Crippen LogP) is 4.10. The zero-order valence-electron chi connectivity index (χ0n) is 11.4. The Kier molecular flexibility index (Phi) is 5.48. The van der Waals surface area contributed by atoms with E-state index in [-0.39, 0.29) is 0 Å². The summed E-state index contributed by atoms with van der Waals surface area (Å²) in [6.07, 6.45) is 0. The summed E-state index contributed by atoms with van der Waals surface area (Å²) in [5.74, 6) is 0. The highest BCUT2D eigenvalue weighted by atomic mass is 79.9. The second-order valence-corrected chi connectivity index (χ2v) is 9.25. The van der Waals surface area contributed by atoms with E-state index >= 15 is 0 Å². The molecule has 0 spiro atoms. The van der Waals surface area contributed by atoms with E-state index in [0.717, 1.165) is 14.9 Å². The van der Waals surface area contributed by atoms with Crippen molar-refractivity contribution in [2.24, 2.45) is 0 Å². The first-order chi connectivity index (χ1) is 9.83. The number of benzene rings is 1. The van der Waals surface area contributed by atoms with Crippen molar-refractivity contribution in [1.29, 1.82) is 0 Å². The first kappa shape index (κ1) is 17.0. The van der Waals surface area contributed by atoms with E-state index in [1.807, 2.05) is 14.0 Å². The Bertz CT molecular complexity index is 758. The van der Waals surface area contributed by atoms with Crippen LogP contribution in [0.5, 0.6) is 0 Å². The van der Waals surface area contributed by atoms with Crippen molar-refractivity contribution in [3.8, 4) is 0 Å². The molecule has 0 fully saturated rings. The van der Waals surface area contributed by atoms with Crippen LogP contribution in [-0.4, -0.2) is 15.5 Å². The van der Waals surface area contributed by atoms with E-state index in [4.69, 9.17) is 0 Å². The summed E-state index contributed by atoms with van der Waals surface area (Å²) in [6.45, 7) is 2.58. The molecule has 1 aromatic carbocycles. The molecule has 2 N–H and O–H groups in total. The first-order valence-electron chi connectivity index (χ1n) is 6.05. The van der Waals surface area contributed by atoms with Gasteiger partial charge in [-0.3, -0.25) is 4.72 Å². The highest BCUT2D eigenvalue weighted by Crippen LogP contribution is 2.31. The molecule has 0 aliphatic carbocycles. The first-order valence-corrected chi connectivity index (χ1v) is 9.94. The third kappa shape index (κ3) is 4.07. The van der Waals surface area contributed by atoms with Crippen LogP contribution in [0, 0.1) is 6.92 Å². The van der Waals surface area contributed by atoms with E-state index in [1.54, 1.807) is 24.3 Å². The zero-order valence-corrected chi connectivity index (χ0v) is 16.2. The van der Waals surface area contributed by atoms with E-state index in [0.29, 0.717) is 20.9 Å². The van der Waals surface area contributed by atoms with E-state index in [2.05, 4.69) is 41.9 Å². The van der Waals surface area contributed by atoms with Crippen LogP contribution in [0.1, 0.15) is 10.4 Å². The van der Waals surface area contributed by atoms with Crippen molar-refractivity contribution in [3.63, 3.8) is 0 Å². The molecule has 1 aromatic heterocycles. The van der Waals surface area contributed by atoms with Gasteiger partial charge in [-0.05, 0) is 59.7 Å². The molecule has 2 aromatic rings. The molecule has 0 saturated carbocycles. The quantitative estimate of drug-likeness (QED) is 0.716. The van der Waals surface area contributed by atoms with Gasteiger partial charge in [-0.1, -0.05) is 15.9 Å². The summed E-state index contributed by atoms with van der Waals surface area (Å²) in [5, 5.41) is 3.04. The minimum absolute atomic E-state index is 0.320. The van der Waals surface area contributed by atoms with Crippen LogP contribution in [0.4, 0.5) is 5.69 Å². The SMILES string of the molecule is CNCc1sc(S(=O)(=O)Nc2ccc(Br)cc2Br)cc1C. The molecule has 0 aliphatic rings. The number of hydrogen-bond acceptors (Lipinski definition) is 4. The molecule has 1 heterocycles. The van der Waals surface area contributed by atoms with Crippen molar-refractivity contribution < 1.29 is 8.42 Å². The van der Waals surface area contributed by atoms with Gasteiger partial charge >= 0.3 is 0 Å². The molecule has 114 valence electrons. The number of sulfonamides is 1. The lowest BCUT2D eigenvalue weighted by atomic mass is 10.3. The minimum atomic E-state index is -3.57. The molecule has 0 aliphatic heterocycles. The maximum absolute atomic E-state index is 12.5. The highest BCUT2D eigenvalue weighted by Gasteiger charge is 2.19. The van der Waals surface area contributed by atoms with Crippen molar-refractivity contribution in [2.75, 3.05) is 11.8 Å². The maximum atomic E-state index is 12.5. The van der Waals surface area contributed by atoms with Crippen LogP contribution in [0.3, 0.4) is 0 Å². The summed E-state index contributed by atoms with van der Waals surface area (Å²) >= 11 is 7.97. The number of aryl methyl sites for hydroxylation is 1. The van der Waals surface area contributed by atoms with Crippen LogP contribution >= 0.6 is 43.2 Å². The van der Waals surface area contributed by atoms with Gasteiger partial charge in [-0.15, -0.1) is 11.3 Å². The molecule has 0 radical (unpaired) electrons. The topological polar surface area (TPSA) is 58.2 Å². The lowest BCUT2D eigenvalue weighted by Crippen LogP contribution is -2.11. The van der Waals surface area contributed by atoms with Crippen LogP contribution in [0.15, 0.2) is 37.4 Å². The van der Waals surface area contributed by atoms with Gasteiger partial charge in [0.15, 0.2) is 0 Å². The third-order valence-corrected chi connectivity index (χ3v) is 7.00. The van der Waals surface area contributed by atoms with E-state index in [1.165, 1.54) is 11.3 Å². The smallest absolute Gasteiger partial charge is 0.271 e. The Labute approximate surface area is 145 Å². The fraction of sp³-hybridized carbons (Fsp3) is 0.231. The number of halogens is 2. The molecule has 0 unspecified atom stereocenters. The molecule has 0 saturated heterocycles. The van der Waals surface area contributed by atoms with Crippen molar-refractivity contribution in [1.82, 2.24) is 5.32 Å². The molecule has 0 bridgehead atoms. The highest BCUT2D eigenvalue weighted by molar-refractivity contribution is 9.11. The van der Waals surface area contributed by atoms with Gasteiger partial charge in [-0.2, -0.15) is 0 Å². The number of hydrogen-bond donors (Lipinski definition) is 2. The Morgan fingerprint density at radius 3 is 2.57 bits per heavy atom. The van der Waals surface area contributed by atoms with Crippen LogP contribution in [-0.2, 0) is 16.6 Å². The number of nitrogens with one attached hydrogen (secondary N) is 2. The maximum Gasteiger partial charge on any atom is 0.271 e. The van der Waals surface area contributed by atoms with E-state index in [9.17, 15) is 8.42 Å². The molecule has 2 rings (SSSR count). The van der Waals surface area contributed by atoms with Crippen LogP contribution < -0.4 is 10.0 Å². The van der Waals surface area contributed by atoms with Gasteiger partial charge in [0.2, 0.25) is 0 Å². The molecule has 21 heavy (non-hydrogen) atoms. The number of thiophene rings is 1. The summed E-state index contributed by atoms with van der Waals surface area (Å²) in [4.78, 5) is 1.02. The summed E-state index contributed by atoms with van der Waals surface area (Å²) in [5.41, 5.74) is 1.49. The molecular formula is C13H14Br2N2O2S2. The fourth-order valence-electron chi connectivity index (χ4n) is 1.72. The summed E-state index contributed by atoms with van der Waals surface area (Å²) in [7, 11) is -1.74. The van der Waals surface area contributed by atoms with Gasteiger partial charge < -0.3 is 5.32 Å². The number of rotatable bonds is 5. The molecule has 0 amide bonds. The van der Waals surface area contributed by atoms with Crippen LogP contribution in [0.2, 0.25) is 0 Å². The van der Waals surface area contributed by atoms with Crippen molar-refractivity contribution >= 4 is 58.9 Å². The second kappa shape index (κ2) is 6.78. The van der Waals surface area contributed by atoms with Crippen molar-refractivity contribution in [3.05, 3.63) is 43.7 Å². The summed E-state index contributed by atoms with van der Waals surface area (Å²) in [6, 6.07) is 6.99. The molecule has 4 nitrogen and oxygen atoms in total. The van der Waals surface area contributed by atoms with Crippen molar-refractivity contribution in [2.45, 2.75) is 17.7 Å². The van der Waals surface area contributed by atoms with Crippen LogP contribution in [0.25, 0.3) is 0 Å². The zero-order chi connectivity index (χ0) is 15.6. The minimum Gasteiger partial charge on any atom is -0.315 e. The molecular weight excluding hydrogens is 440 g/mol. The Morgan fingerprint density at radius 1 is 1.24 bits per heavy atom. The average molecular weight is 454 g/mol. The van der Waals surface area contributed by atoms with Gasteiger partial charge in [-0.25, -0.2) is 8.42 Å². The van der Waals surface area contributed by atoms with Gasteiger partial charge in [0.1, 0.15) is 4.21 Å². The van der Waals surface area contributed by atoms with Gasteiger partial charge in [0, 0.05) is 20.4 Å². The van der Waals surface area contributed by atoms with Gasteiger partial charge in [0.25, 0.3) is 10.0 Å². The average Bonchev–Trinajstić information content (AvgIpc) is 2.76. The third-order valence-electron chi connectivity index (χ3n) is 2.78. The Morgan fingerprint density at radius 2 is 1.95 bits per heavy atom. The lowest BCUT2D eigenvalue weighted by Gasteiger charge is -2.08. The standard InChI is InChI=1S/C13H14Br2N2O2S2/c1-8-5-13(20-12(8)7-16-2)21(18,19)17-11-4-3-9(14)6-10(11)15/h3-6,16-17H,7H2,1-2H3. The van der Waals surface area contributed by atoms with E-state index < -0.39 is 10.0 Å². The predicted molar refractivity (Wildman–Crippen MR) is 94.5 cm³/mol. The molecule has 0 atom stereocenters. The fourth-order valence-corrected chi connectivity index (χ4v) is 5.68. The monoisotopic (exact) mass is 452 g/mol. The second-order valence-electron chi connectivity index (χ2n) is 4.43.